The highest BCUT2D eigenvalue weighted by molar-refractivity contribution is 5.93. The number of hydrogen-bond donors (Lipinski definition) is 1. The molecule has 0 radical (unpaired) electrons. The van der Waals surface area contributed by atoms with Gasteiger partial charge in [0.05, 0.1) is 18.6 Å². The third-order valence-electron chi connectivity index (χ3n) is 3.92. The van der Waals surface area contributed by atoms with Crippen LogP contribution in [0.25, 0.3) is 11.3 Å². The van der Waals surface area contributed by atoms with Crippen molar-refractivity contribution in [3.8, 4) is 17.0 Å². The number of aromatic nitrogens is 3. The van der Waals surface area contributed by atoms with Gasteiger partial charge in [-0.2, -0.15) is 0 Å². The standard InChI is InChI=1S/C20H20N4O3/c1-2-27-17-5-3-15(4-6-17)18-13-19(25)24(14-23-18)12-11-22-20(26)16-7-9-21-10-8-16/h3-10,13-14H,2,11-12H2,1H3,(H,22,26). The summed E-state index contributed by atoms with van der Waals surface area (Å²) >= 11 is 0. The minimum absolute atomic E-state index is 0.174. The van der Waals surface area contributed by atoms with Crippen LogP contribution in [0, 0.1) is 0 Å². The van der Waals surface area contributed by atoms with Crippen LogP contribution in [0.15, 0.2) is 66.0 Å². The molecule has 138 valence electrons. The first-order valence-electron chi connectivity index (χ1n) is 8.65. The van der Waals surface area contributed by atoms with Crippen LogP contribution in [0.5, 0.6) is 5.75 Å². The molecule has 0 saturated heterocycles. The lowest BCUT2D eigenvalue weighted by molar-refractivity contribution is 0.0952. The summed E-state index contributed by atoms with van der Waals surface area (Å²) < 4.78 is 6.87. The van der Waals surface area contributed by atoms with Gasteiger partial charge in [-0.15, -0.1) is 0 Å². The number of rotatable bonds is 7. The molecule has 3 rings (SSSR count). The Kier molecular flexibility index (Phi) is 5.94. The lowest BCUT2D eigenvalue weighted by atomic mass is 10.1. The molecule has 7 nitrogen and oxygen atoms in total. The van der Waals surface area contributed by atoms with E-state index in [0.717, 1.165) is 11.3 Å². The van der Waals surface area contributed by atoms with Gasteiger partial charge in [0, 0.05) is 42.7 Å². The van der Waals surface area contributed by atoms with Crippen molar-refractivity contribution in [2.24, 2.45) is 0 Å². The molecule has 0 spiro atoms. The van der Waals surface area contributed by atoms with Crippen molar-refractivity contribution in [2.45, 2.75) is 13.5 Å². The Bertz CT molecular complexity index is 953. The second kappa shape index (κ2) is 8.75. The molecule has 0 aliphatic heterocycles. The lowest BCUT2D eigenvalue weighted by Crippen LogP contribution is -2.30. The third kappa shape index (κ3) is 4.78. The van der Waals surface area contributed by atoms with Crippen LogP contribution >= 0.6 is 0 Å². The van der Waals surface area contributed by atoms with Crippen LogP contribution in [-0.4, -0.2) is 33.6 Å². The van der Waals surface area contributed by atoms with Crippen LogP contribution in [0.2, 0.25) is 0 Å². The van der Waals surface area contributed by atoms with Gasteiger partial charge in [0.2, 0.25) is 0 Å². The molecule has 0 aliphatic rings. The molecule has 1 amide bonds. The number of nitrogens with zero attached hydrogens (tertiary/aromatic N) is 3. The first-order chi connectivity index (χ1) is 13.2. The van der Waals surface area contributed by atoms with Crippen LogP contribution < -0.4 is 15.6 Å². The maximum atomic E-state index is 12.3. The number of benzene rings is 1. The fraction of sp³-hybridized carbons (Fsp3) is 0.200. The number of pyridine rings is 1. The Hall–Kier alpha value is -3.48. The summed E-state index contributed by atoms with van der Waals surface area (Å²) in [4.78, 5) is 32.5. The van der Waals surface area contributed by atoms with Crippen molar-refractivity contribution in [3.63, 3.8) is 0 Å². The summed E-state index contributed by atoms with van der Waals surface area (Å²) in [7, 11) is 0. The largest absolute Gasteiger partial charge is 0.494 e. The highest BCUT2D eigenvalue weighted by Crippen LogP contribution is 2.19. The van der Waals surface area contributed by atoms with E-state index in [1.54, 1.807) is 24.5 Å². The fourth-order valence-corrected chi connectivity index (χ4v) is 2.54. The number of ether oxygens (including phenoxy) is 1. The van der Waals surface area contributed by atoms with Gasteiger partial charge in [0.25, 0.3) is 11.5 Å². The van der Waals surface area contributed by atoms with E-state index >= 15 is 0 Å². The molecule has 0 unspecified atom stereocenters. The maximum Gasteiger partial charge on any atom is 0.253 e. The second-order valence-corrected chi connectivity index (χ2v) is 5.75. The van der Waals surface area contributed by atoms with E-state index in [2.05, 4.69) is 15.3 Å². The topological polar surface area (TPSA) is 86.1 Å². The molecule has 0 saturated carbocycles. The summed E-state index contributed by atoms with van der Waals surface area (Å²) in [5.41, 5.74) is 1.79. The summed E-state index contributed by atoms with van der Waals surface area (Å²) in [6, 6.07) is 12.2. The third-order valence-corrected chi connectivity index (χ3v) is 3.92. The van der Waals surface area contributed by atoms with Crippen LogP contribution in [0.1, 0.15) is 17.3 Å². The number of hydrogen-bond acceptors (Lipinski definition) is 5. The molecule has 1 N–H and O–H groups in total. The molecule has 27 heavy (non-hydrogen) atoms. The zero-order chi connectivity index (χ0) is 19.1. The fourth-order valence-electron chi connectivity index (χ4n) is 2.54. The summed E-state index contributed by atoms with van der Waals surface area (Å²) in [5.74, 6) is 0.573. The minimum Gasteiger partial charge on any atom is -0.494 e. The SMILES string of the molecule is CCOc1ccc(-c2cc(=O)n(CCNC(=O)c3ccncc3)cn2)cc1. The Balaban J connectivity index is 1.61. The molecule has 3 aromatic rings. The highest BCUT2D eigenvalue weighted by atomic mass is 16.5. The second-order valence-electron chi connectivity index (χ2n) is 5.75. The smallest absolute Gasteiger partial charge is 0.253 e. The van der Waals surface area contributed by atoms with Gasteiger partial charge in [-0.25, -0.2) is 4.98 Å². The van der Waals surface area contributed by atoms with Crippen molar-refractivity contribution in [1.82, 2.24) is 19.9 Å². The Morgan fingerprint density at radius 2 is 1.89 bits per heavy atom. The quantitative estimate of drug-likeness (QED) is 0.694. The van der Waals surface area contributed by atoms with E-state index in [9.17, 15) is 9.59 Å². The van der Waals surface area contributed by atoms with Crippen LogP contribution in [-0.2, 0) is 6.54 Å². The molecular formula is C20H20N4O3. The Labute approximate surface area is 156 Å². The zero-order valence-electron chi connectivity index (χ0n) is 15.0. The minimum atomic E-state index is -0.204. The molecule has 0 bridgehead atoms. The average Bonchev–Trinajstić information content (AvgIpc) is 2.70. The molecule has 1 aromatic carbocycles. The van der Waals surface area contributed by atoms with Gasteiger partial charge in [-0.05, 0) is 43.3 Å². The summed E-state index contributed by atoms with van der Waals surface area (Å²) in [5, 5.41) is 2.77. The van der Waals surface area contributed by atoms with Gasteiger partial charge in [-0.1, -0.05) is 0 Å². The number of carbonyl (C=O) groups is 1. The van der Waals surface area contributed by atoms with Crippen LogP contribution in [0.4, 0.5) is 0 Å². The molecule has 0 aliphatic carbocycles. The number of carbonyl (C=O) groups excluding carboxylic acids is 1. The van der Waals surface area contributed by atoms with E-state index < -0.39 is 0 Å². The van der Waals surface area contributed by atoms with E-state index in [-0.39, 0.29) is 11.5 Å². The highest BCUT2D eigenvalue weighted by Gasteiger charge is 2.06. The van der Waals surface area contributed by atoms with Crippen molar-refractivity contribution in [1.29, 1.82) is 0 Å². The number of nitrogens with one attached hydrogen (secondary N) is 1. The van der Waals surface area contributed by atoms with Crippen molar-refractivity contribution in [2.75, 3.05) is 13.2 Å². The van der Waals surface area contributed by atoms with Crippen molar-refractivity contribution < 1.29 is 9.53 Å². The molecular weight excluding hydrogens is 344 g/mol. The van der Waals surface area contributed by atoms with Crippen molar-refractivity contribution in [3.05, 3.63) is 77.1 Å². The predicted octanol–water partition coefficient (Wildman–Crippen LogP) is 2.13. The van der Waals surface area contributed by atoms with Gasteiger partial charge in [0.15, 0.2) is 0 Å². The Morgan fingerprint density at radius 1 is 1.15 bits per heavy atom. The molecule has 2 heterocycles. The molecule has 7 heteroatoms. The van der Waals surface area contributed by atoms with E-state index in [1.165, 1.54) is 17.0 Å². The lowest BCUT2D eigenvalue weighted by Gasteiger charge is -2.09. The summed E-state index contributed by atoms with van der Waals surface area (Å²) in [6.45, 7) is 3.19. The van der Waals surface area contributed by atoms with E-state index in [4.69, 9.17) is 4.74 Å². The van der Waals surface area contributed by atoms with E-state index in [0.29, 0.717) is 31.0 Å². The summed E-state index contributed by atoms with van der Waals surface area (Å²) in [6.07, 6.45) is 4.61. The predicted molar refractivity (Wildman–Crippen MR) is 102 cm³/mol. The first kappa shape index (κ1) is 18.3. The average molecular weight is 364 g/mol. The monoisotopic (exact) mass is 364 g/mol. The van der Waals surface area contributed by atoms with Gasteiger partial charge >= 0.3 is 0 Å². The normalized spacial score (nSPS) is 10.4. The maximum absolute atomic E-state index is 12.3. The molecule has 0 atom stereocenters. The van der Waals surface area contributed by atoms with Gasteiger partial charge in [-0.3, -0.25) is 19.1 Å². The van der Waals surface area contributed by atoms with E-state index in [1.807, 2.05) is 31.2 Å². The van der Waals surface area contributed by atoms with Gasteiger partial charge < -0.3 is 10.1 Å². The molecule has 2 aromatic heterocycles. The zero-order valence-corrected chi connectivity index (χ0v) is 15.0. The molecule has 0 fully saturated rings. The van der Waals surface area contributed by atoms with Crippen LogP contribution in [0.3, 0.4) is 0 Å². The first-order valence-corrected chi connectivity index (χ1v) is 8.65. The number of amides is 1. The van der Waals surface area contributed by atoms with Gasteiger partial charge in [0.1, 0.15) is 5.75 Å². The van der Waals surface area contributed by atoms with Crippen molar-refractivity contribution >= 4 is 5.91 Å². The Morgan fingerprint density at radius 3 is 2.56 bits per heavy atom.